The van der Waals surface area contributed by atoms with Crippen LogP contribution in [0.15, 0.2) is 0 Å². The van der Waals surface area contributed by atoms with Crippen molar-refractivity contribution in [1.29, 1.82) is 0 Å². The highest BCUT2D eigenvalue weighted by Crippen LogP contribution is 2.30. The van der Waals surface area contributed by atoms with Crippen LogP contribution in [0.5, 0.6) is 0 Å². The third-order valence-corrected chi connectivity index (χ3v) is 4.78. The van der Waals surface area contributed by atoms with Gasteiger partial charge >= 0.3 is 6.18 Å². The molecule has 1 aliphatic carbocycles. The number of hydrogen-bond acceptors (Lipinski definition) is 3. The lowest BCUT2D eigenvalue weighted by atomic mass is 9.85. The van der Waals surface area contributed by atoms with Crippen molar-refractivity contribution < 1.29 is 23.1 Å². The van der Waals surface area contributed by atoms with Gasteiger partial charge in [0, 0.05) is 19.2 Å². The summed E-state index contributed by atoms with van der Waals surface area (Å²) in [7, 11) is 1.84. The van der Waals surface area contributed by atoms with E-state index in [-0.39, 0.29) is 19.2 Å². The van der Waals surface area contributed by atoms with Crippen molar-refractivity contribution in [2.24, 2.45) is 5.92 Å². The molecule has 0 aromatic rings. The highest BCUT2D eigenvalue weighted by molar-refractivity contribution is 5.84. The number of nitrogens with zero attached hydrogens (tertiary/aromatic N) is 2. The maximum Gasteiger partial charge on any atom is 0.406 e. The van der Waals surface area contributed by atoms with Crippen LogP contribution < -0.4 is 0 Å². The minimum Gasteiger partial charge on any atom is -0.396 e. The molecule has 0 radical (unpaired) electrons. The summed E-state index contributed by atoms with van der Waals surface area (Å²) < 4.78 is 37.2. The standard InChI is InChI=1S/C14H23F3N2O2/c1-18(11-4-2-10(8-20)3-5-11)12-6-7-19(13(12)21)9-14(15,16)17/h10-12,20H,2-9H2,1H3. The number of rotatable bonds is 4. The molecule has 1 saturated carbocycles. The molecule has 1 aliphatic heterocycles. The van der Waals surface area contributed by atoms with Crippen LogP contribution in [0.4, 0.5) is 13.2 Å². The summed E-state index contributed by atoms with van der Waals surface area (Å²) in [6.07, 6.45) is -0.249. The molecular formula is C14H23F3N2O2. The first-order valence-corrected chi connectivity index (χ1v) is 7.50. The summed E-state index contributed by atoms with van der Waals surface area (Å²) in [4.78, 5) is 15.0. The average Bonchev–Trinajstić information content (AvgIpc) is 2.78. The number of carbonyl (C=O) groups is 1. The number of likely N-dealkylation sites (N-methyl/N-ethyl adjacent to an activating group) is 1. The number of alkyl halides is 3. The Balaban J connectivity index is 1.89. The van der Waals surface area contributed by atoms with Crippen molar-refractivity contribution in [2.45, 2.75) is 50.4 Å². The third kappa shape index (κ3) is 4.10. The molecule has 4 nitrogen and oxygen atoms in total. The third-order valence-electron chi connectivity index (χ3n) is 4.78. The van der Waals surface area contributed by atoms with Crippen LogP contribution >= 0.6 is 0 Å². The number of amides is 1. The topological polar surface area (TPSA) is 43.8 Å². The van der Waals surface area contributed by atoms with Crippen molar-refractivity contribution in [3.05, 3.63) is 0 Å². The Morgan fingerprint density at radius 1 is 1.24 bits per heavy atom. The zero-order valence-electron chi connectivity index (χ0n) is 12.3. The van der Waals surface area contributed by atoms with Gasteiger partial charge in [0.1, 0.15) is 6.54 Å². The minimum absolute atomic E-state index is 0.180. The minimum atomic E-state index is -4.33. The fourth-order valence-corrected chi connectivity index (χ4v) is 3.46. The quantitative estimate of drug-likeness (QED) is 0.858. The van der Waals surface area contributed by atoms with E-state index in [2.05, 4.69) is 0 Å². The van der Waals surface area contributed by atoms with E-state index in [9.17, 15) is 18.0 Å². The van der Waals surface area contributed by atoms with E-state index in [0.29, 0.717) is 12.3 Å². The fraction of sp³-hybridized carbons (Fsp3) is 0.929. The van der Waals surface area contributed by atoms with E-state index in [1.54, 1.807) is 0 Å². The van der Waals surface area contributed by atoms with Crippen LogP contribution in [0, 0.1) is 5.92 Å². The molecule has 1 heterocycles. The number of halogens is 3. The molecule has 122 valence electrons. The molecule has 1 saturated heterocycles. The lowest BCUT2D eigenvalue weighted by Crippen LogP contribution is -2.47. The van der Waals surface area contributed by atoms with E-state index in [1.165, 1.54) is 0 Å². The van der Waals surface area contributed by atoms with Gasteiger partial charge in [-0.15, -0.1) is 0 Å². The van der Waals surface area contributed by atoms with Gasteiger partial charge < -0.3 is 10.0 Å². The molecule has 0 bridgehead atoms. The van der Waals surface area contributed by atoms with E-state index in [4.69, 9.17) is 5.11 Å². The number of aliphatic hydroxyl groups excluding tert-OH is 1. The molecule has 1 unspecified atom stereocenters. The van der Waals surface area contributed by atoms with E-state index in [0.717, 1.165) is 30.6 Å². The van der Waals surface area contributed by atoms with Crippen molar-refractivity contribution in [2.75, 3.05) is 26.7 Å². The van der Waals surface area contributed by atoms with Crippen molar-refractivity contribution in [3.8, 4) is 0 Å². The van der Waals surface area contributed by atoms with Crippen LogP contribution in [0.3, 0.4) is 0 Å². The first kappa shape index (κ1) is 16.5. The number of hydrogen-bond donors (Lipinski definition) is 1. The largest absolute Gasteiger partial charge is 0.406 e. The Kier molecular flexibility index (Phi) is 5.14. The lowest BCUT2D eigenvalue weighted by Gasteiger charge is -2.36. The van der Waals surface area contributed by atoms with Crippen molar-refractivity contribution in [1.82, 2.24) is 9.80 Å². The first-order valence-electron chi connectivity index (χ1n) is 7.50. The van der Waals surface area contributed by atoms with Gasteiger partial charge in [-0.1, -0.05) is 0 Å². The highest BCUT2D eigenvalue weighted by atomic mass is 19.4. The predicted molar refractivity (Wildman–Crippen MR) is 71.6 cm³/mol. The predicted octanol–water partition coefficient (Wildman–Crippen LogP) is 1.63. The summed E-state index contributed by atoms with van der Waals surface area (Å²) in [5.41, 5.74) is 0. The van der Waals surface area contributed by atoms with Gasteiger partial charge in [0.25, 0.3) is 0 Å². The molecule has 21 heavy (non-hydrogen) atoms. The molecule has 2 fully saturated rings. The summed E-state index contributed by atoms with van der Waals surface area (Å²) >= 11 is 0. The smallest absolute Gasteiger partial charge is 0.396 e. The molecular weight excluding hydrogens is 285 g/mol. The monoisotopic (exact) mass is 308 g/mol. The Bertz CT molecular complexity index is 368. The van der Waals surface area contributed by atoms with Gasteiger partial charge in [-0.25, -0.2) is 0 Å². The molecule has 2 rings (SSSR count). The van der Waals surface area contributed by atoms with Gasteiger partial charge in [-0.2, -0.15) is 13.2 Å². The zero-order valence-corrected chi connectivity index (χ0v) is 12.3. The first-order chi connectivity index (χ1) is 9.81. The molecule has 0 spiro atoms. The Morgan fingerprint density at radius 3 is 2.38 bits per heavy atom. The van der Waals surface area contributed by atoms with Crippen LogP contribution in [0.2, 0.25) is 0 Å². The van der Waals surface area contributed by atoms with Gasteiger partial charge in [0.15, 0.2) is 0 Å². The second-order valence-electron chi connectivity index (χ2n) is 6.20. The summed E-state index contributed by atoms with van der Waals surface area (Å²) in [5.74, 6) is -0.0743. The van der Waals surface area contributed by atoms with Crippen LogP contribution in [-0.4, -0.2) is 65.8 Å². The van der Waals surface area contributed by atoms with E-state index in [1.807, 2.05) is 11.9 Å². The fourth-order valence-electron chi connectivity index (χ4n) is 3.46. The maximum atomic E-state index is 12.4. The lowest BCUT2D eigenvalue weighted by molar-refractivity contribution is -0.159. The second-order valence-corrected chi connectivity index (χ2v) is 6.20. The Labute approximate surface area is 122 Å². The van der Waals surface area contributed by atoms with Crippen LogP contribution in [-0.2, 0) is 4.79 Å². The molecule has 7 heteroatoms. The van der Waals surface area contributed by atoms with Crippen LogP contribution in [0.25, 0.3) is 0 Å². The average molecular weight is 308 g/mol. The SMILES string of the molecule is CN(C1CCC(CO)CC1)C1CCN(CC(F)(F)F)C1=O. The molecule has 1 amide bonds. The van der Waals surface area contributed by atoms with Crippen molar-refractivity contribution in [3.63, 3.8) is 0 Å². The maximum absolute atomic E-state index is 12.4. The zero-order chi connectivity index (χ0) is 15.6. The Morgan fingerprint density at radius 2 is 1.86 bits per heavy atom. The van der Waals surface area contributed by atoms with Crippen LogP contribution in [0.1, 0.15) is 32.1 Å². The van der Waals surface area contributed by atoms with Gasteiger partial charge in [-0.05, 0) is 45.1 Å². The van der Waals surface area contributed by atoms with Gasteiger partial charge in [0.2, 0.25) is 5.91 Å². The van der Waals surface area contributed by atoms with Gasteiger partial charge in [0.05, 0.1) is 6.04 Å². The molecule has 1 N–H and O–H groups in total. The molecule has 2 aliphatic rings. The summed E-state index contributed by atoms with van der Waals surface area (Å²) in [6, 6.07) is -0.199. The summed E-state index contributed by atoms with van der Waals surface area (Å²) in [5, 5.41) is 9.13. The number of carbonyl (C=O) groups excluding carboxylic acids is 1. The highest BCUT2D eigenvalue weighted by Gasteiger charge is 2.42. The van der Waals surface area contributed by atoms with E-state index < -0.39 is 24.7 Å². The molecule has 0 aromatic heterocycles. The number of aliphatic hydroxyl groups is 1. The Hall–Kier alpha value is -0.820. The molecule has 0 aromatic carbocycles. The normalized spacial score (nSPS) is 31.2. The van der Waals surface area contributed by atoms with Gasteiger partial charge in [-0.3, -0.25) is 9.69 Å². The second kappa shape index (κ2) is 6.52. The number of likely N-dealkylation sites (tertiary alicyclic amines) is 1. The summed E-state index contributed by atoms with van der Waals surface area (Å²) in [6.45, 7) is -0.773. The van der Waals surface area contributed by atoms with E-state index >= 15 is 0 Å². The molecule has 1 atom stereocenters. The van der Waals surface area contributed by atoms with Crippen molar-refractivity contribution >= 4 is 5.91 Å².